The molecule has 0 radical (unpaired) electrons. The summed E-state index contributed by atoms with van der Waals surface area (Å²) in [5, 5.41) is -0.280. The summed E-state index contributed by atoms with van der Waals surface area (Å²) in [4.78, 5) is 13.5. The first-order chi connectivity index (χ1) is 12.5. The molecule has 4 rings (SSSR count). The third-order valence-corrected chi connectivity index (χ3v) is 7.93. The third-order valence-electron chi connectivity index (χ3n) is 5.96. The zero-order valence-corrected chi connectivity index (χ0v) is 15.6. The van der Waals surface area contributed by atoms with Crippen LogP contribution in [0.5, 0.6) is 0 Å². The van der Waals surface area contributed by atoms with Crippen molar-refractivity contribution in [3.05, 3.63) is 77.9 Å². The van der Waals surface area contributed by atoms with E-state index in [9.17, 15) is 9.00 Å². The number of amides is 1. The van der Waals surface area contributed by atoms with Gasteiger partial charge < -0.3 is 5.73 Å². The van der Waals surface area contributed by atoms with Crippen molar-refractivity contribution in [1.29, 1.82) is 0 Å². The molecule has 0 spiro atoms. The first-order valence-electron chi connectivity index (χ1n) is 9.02. The Balaban J connectivity index is 1.78. The summed E-state index contributed by atoms with van der Waals surface area (Å²) in [6.07, 6.45) is 5.64. The number of aryl methyl sites for hydroxylation is 1. The lowest BCUT2D eigenvalue weighted by molar-refractivity contribution is -0.128. The summed E-state index contributed by atoms with van der Waals surface area (Å²) < 4.78 is 13.5. The molecule has 0 aliphatic heterocycles. The Kier molecular flexibility index (Phi) is 4.31. The third kappa shape index (κ3) is 2.64. The lowest BCUT2D eigenvalue weighted by Gasteiger charge is -2.39. The fraction of sp³-hybridized carbons (Fsp3) is 0.318. The van der Waals surface area contributed by atoms with E-state index in [0.29, 0.717) is 6.42 Å². The first-order valence-corrected chi connectivity index (χ1v) is 10.2. The second-order valence-corrected chi connectivity index (χ2v) is 9.06. The van der Waals surface area contributed by atoms with E-state index >= 15 is 0 Å². The summed E-state index contributed by atoms with van der Waals surface area (Å²) in [6.45, 7) is 2.01. The summed E-state index contributed by atoms with van der Waals surface area (Å²) >= 11 is 0. The fourth-order valence-corrected chi connectivity index (χ4v) is 6.64. The highest BCUT2D eigenvalue weighted by Gasteiger charge is 2.61. The largest absolute Gasteiger partial charge is 0.369 e. The van der Waals surface area contributed by atoms with Crippen molar-refractivity contribution in [2.45, 2.75) is 29.9 Å². The number of hydrogen-bond acceptors (Lipinski definition) is 2. The van der Waals surface area contributed by atoms with Crippen molar-refractivity contribution in [3.8, 4) is 0 Å². The predicted molar refractivity (Wildman–Crippen MR) is 104 cm³/mol. The number of fused-ring (bicyclic) bond motifs is 2. The Bertz CT molecular complexity index is 875. The normalized spacial score (nSPS) is 30.4. The topological polar surface area (TPSA) is 60.2 Å². The van der Waals surface area contributed by atoms with Gasteiger partial charge in [-0.1, -0.05) is 60.2 Å². The maximum absolute atomic E-state index is 13.5. The van der Waals surface area contributed by atoms with Crippen LogP contribution in [0.3, 0.4) is 0 Å². The predicted octanol–water partition coefficient (Wildman–Crippen LogP) is 3.39. The van der Waals surface area contributed by atoms with Gasteiger partial charge in [0.1, 0.15) is 0 Å². The first kappa shape index (κ1) is 17.2. The smallest absolute Gasteiger partial charge is 0.225 e. The van der Waals surface area contributed by atoms with Crippen molar-refractivity contribution < 1.29 is 9.00 Å². The molecule has 2 aromatic carbocycles. The number of benzene rings is 2. The van der Waals surface area contributed by atoms with Gasteiger partial charge in [-0.25, -0.2) is 0 Å². The minimum absolute atomic E-state index is 0.0598. The summed E-state index contributed by atoms with van der Waals surface area (Å²) in [5.41, 5.74) is 7.39. The van der Waals surface area contributed by atoms with Crippen LogP contribution in [0.1, 0.15) is 17.5 Å². The highest BCUT2D eigenvalue weighted by atomic mass is 32.2. The van der Waals surface area contributed by atoms with E-state index in [2.05, 4.69) is 12.2 Å². The molecule has 0 aromatic heterocycles. The molecular weight excluding hydrogens is 342 g/mol. The Morgan fingerprint density at radius 1 is 1.12 bits per heavy atom. The number of allylic oxidation sites excluding steroid dienone is 2. The molecule has 2 aliphatic carbocycles. The Morgan fingerprint density at radius 2 is 1.81 bits per heavy atom. The van der Waals surface area contributed by atoms with E-state index in [1.165, 1.54) is 0 Å². The van der Waals surface area contributed by atoms with Gasteiger partial charge in [0.05, 0.1) is 21.5 Å². The van der Waals surface area contributed by atoms with Crippen LogP contribution in [0.2, 0.25) is 0 Å². The van der Waals surface area contributed by atoms with Crippen molar-refractivity contribution in [2.75, 3.05) is 0 Å². The maximum atomic E-state index is 13.5. The molecule has 1 fully saturated rings. The van der Waals surface area contributed by atoms with Crippen LogP contribution in [0.15, 0.2) is 71.6 Å². The molecule has 3 nitrogen and oxygen atoms in total. The van der Waals surface area contributed by atoms with Crippen LogP contribution >= 0.6 is 0 Å². The van der Waals surface area contributed by atoms with Gasteiger partial charge in [-0.2, -0.15) is 0 Å². The molecule has 2 N–H and O–H groups in total. The van der Waals surface area contributed by atoms with Crippen LogP contribution in [-0.2, 0) is 22.0 Å². The molecule has 2 aromatic rings. The van der Waals surface area contributed by atoms with Crippen molar-refractivity contribution >= 4 is 16.7 Å². The molecule has 5 atom stereocenters. The monoisotopic (exact) mass is 365 g/mol. The highest BCUT2D eigenvalue weighted by Crippen LogP contribution is 2.56. The molecule has 26 heavy (non-hydrogen) atoms. The maximum Gasteiger partial charge on any atom is 0.225 e. The average Bonchev–Trinajstić information content (AvgIpc) is 3.23. The van der Waals surface area contributed by atoms with Gasteiger partial charge in [0.25, 0.3) is 0 Å². The minimum atomic E-state index is -1.28. The van der Waals surface area contributed by atoms with E-state index in [4.69, 9.17) is 5.73 Å². The zero-order chi connectivity index (χ0) is 18.3. The number of primary amides is 1. The van der Waals surface area contributed by atoms with Gasteiger partial charge in [0.15, 0.2) is 0 Å². The second-order valence-electron chi connectivity index (χ2n) is 7.49. The number of nitrogens with two attached hydrogens (primary N) is 1. The zero-order valence-electron chi connectivity index (χ0n) is 14.8. The van der Waals surface area contributed by atoms with E-state index in [1.54, 1.807) is 0 Å². The quantitative estimate of drug-likeness (QED) is 0.826. The van der Waals surface area contributed by atoms with Gasteiger partial charge in [-0.3, -0.25) is 9.00 Å². The van der Waals surface area contributed by atoms with Crippen molar-refractivity contribution in [3.63, 3.8) is 0 Å². The summed E-state index contributed by atoms with van der Waals surface area (Å²) in [7, 11) is -1.28. The van der Waals surface area contributed by atoms with Crippen LogP contribution in [0.4, 0.5) is 0 Å². The Hall–Kier alpha value is -2.20. The van der Waals surface area contributed by atoms with Crippen molar-refractivity contribution in [2.24, 2.45) is 23.0 Å². The molecule has 2 bridgehead atoms. The summed E-state index contributed by atoms with van der Waals surface area (Å²) in [6, 6.07) is 17.7. The van der Waals surface area contributed by atoms with E-state index < -0.39 is 16.2 Å². The molecule has 1 amide bonds. The van der Waals surface area contributed by atoms with Crippen LogP contribution < -0.4 is 5.73 Å². The number of hydrogen-bond donors (Lipinski definition) is 1. The molecule has 0 heterocycles. The Morgan fingerprint density at radius 3 is 2.46 bits per heavy atom. The fourth-order valence-electron chi connectivity index (χ4n) is 4.67. The van der Waals surface area contributed by atoms with Crippen LogP contribution in [-0.4, -0.2) is 15.4 Å². The van der Waals surface area contributed by atoms with Gasteiger partial charge in [0.2, 0.25) is 5.91 Å². The number of carbonyl (C=O) groups excluding carboxylic acids is 1. The molecule has 2 aliphatic rings. The number of carbonyl (C=O) groups is 1. The van der Waals surface area contributed by atoms with E-state index in [0.717, 1.165) is 22.4 Å². The van der Waals surface area contributed by atoms with Crippen molar-refractivity contribution in [1.82, 2.24) is 0 Å². The standard InChI is InChI=1S/C22H23NO2S/c1-15-7-11-19(12-8-15)26(25)20-17-9-10-18(13-17)22(20,21(23)24)14-16-5-3-2-4-6-16/h2-12,17-18,20H,13-14H2,1H3,(H2,23,24)/t17-,18+,20-,22+,26+/m1/s1. The van der Waals surface area contributed by atoms with Gasteiger partial charge >= 0.3 is 0 Å². The van der Waals surface area contributed by atoms with Crippen LogP contribution in [0.25, 0.3) is 0 Å². The van der Waals surface area contributed by atoms with E-state index in [1.807, 2.05) is 61.5 Å². The number of rotatable bonds is 5. The Labute approximate surface area is 156 Å². The molecule has 0 saturated heterocycles. The average molecular weight is 365 g/mol. The lowest BCUT2D eigenvalue weighted by atomic mass is 9.70. The molecule has 0 unspecified atom stereocenters. The SMILES string of the molecule is Cc1ccc([S@](=O)[C@@H]2[C@@H]3C=C[C@@H](C3)[C@]2(Cc2ccccc2)C(N)=O)cc1. The lowest BCUT2D eigenvalue weighted by Crippen LogP contribution is -2.52. The summed E-state index contributed by atoms with van der Waals surface area (Å²) in [5.74, 6) is -0.133. The molecule has 1 saturated carbocycles. The molecule has 4 heteroatoms. The van der Waals surface area contributed by atoms with Gasteiger partial charge in [0, 0.05) is 4.90 Å². The molecular formula is C22H23NO2S. The van der Waals surface area contributed by atoms with Gasteiger partial charge in [-0.15, -0.1) is 0 Å². The highest BCUT2D eigenvalue weighted by molar-refractivity contribution is 7.85. The second kappa shape index (κ2) is 6.51. The minimum Gasteiger partial charge on any atom is -0.369 e. The van der Waals surface area contributed by atoms with E-state index in [-0.39, 0.29) is 23.0 Å². The molecule has 134 valence electrons. The van der Waals surface area contributed by atoms with Crippen LogP contribution in [0, 0.1) is 24.2 Å². The van der Waals surface area contributed by atoms with Gasteiger partial charge in [-0.05, 0) is 49.3 Å².